The predicted octanol–water partition coefficient (Wildman–Crippen LogP) is 3.74. The Bertz CT molecular complexity index is 1190. The van der Waals surface area contributed by atoms with Gasteiger partial charge in [0.25, 0.3) is 5.91 Å². The van der Waals surface area contributed by atoms with Gasteiger partial charge in [0, 0.05) is 19.6 Å². The molecule has 1 aliphatic heterocycles. The first kappa shape index (κ1) is 22.3. The summed E-state index contributed by atoms with van der Waals surface area (Å²) >= 11 is 0. The largest absolute Gasteiger partial charge is 0.484 e. The Morgan fingerprint density at radius 3 is 2.59 bits per heavy atom. The Morgan fingerprint density at radius 2 is 1.81 bits per heavy atom. The third-order valence-electron chi connectivity index (χ3n) is 5.85. The highest BCUT2D eigenvalue weighted by molar-refractivity contribution is 7.89. The number of likely N-dealkylation sites (tertiary alicyclic amines) is 1. The summed E-state index contributed by atoms with van der Waals surface area (Å²) in [5.74, 6) is 0.661. The van der Waals surface area contributed by atoms with Crippen molar-refractivity contribution in [1.82, 2.24) is 9.62 Å². The molecule has 0 radical (unpaired) electrons. The second-order valence-corrected chi connectivity index (χ2v) is 10.1. The number of amides is 1. The van der Waals surface area contributed by atoms with Crippen molar-refractivity contribution in [2.45, 2.75) is 24.7 Å². The molecule has 168 valence electrons. The van der Waals surface area contributed by atoms with Gasteiger partial charge in [-0.3, -0.25) is 4.79 Å². The van der Waals surface area contributed by atoms with E-state index in [1.54, 1.807) is 29.2 Å². The summed E-state index contributed by atoms with van der Waals surface area (Å²) in [4.78, 5) is 14.7. The molecule has 3 aromatic rings. The number of aryl methyl sites for hydroxylation is 1. The number of nitrogens with zero attached hydrogens (tertiary/aromatic N) is 1. The zero-order chi connectivity index (χ0) is 22.6. The summed E-state index contributed by atoms with van der Waals surface area (Å²) in [5, 5.41) is 2.19. The maximum absolute atomic E-state index is 12.7. The number of piperidine rings is 1. The van der Waals surface area contributed by atoms with E-state index in [9.17, 15) is 13.2 Å². The molecule has 7 heteroatoms. The minimum absolute atomic E-state index is 0.0276. The molecule has 1 fully saturated rings. The predicted molar refractivity (Wildman–Crippen MR) is 125 cm³/mol. The van der Waals surface area contributed by atoms with E-state index < -0.39 is 10.0 Å². The van der Waals surface area contributed by atoms with Crippen LogP contribution in [0.3, 0.4) is 0 Å². The van der Waals surface area contributed by atoms with Gasteiger partial charge >= 0.3 is 0 Å². The molecule has 1 heterocycles. The number of benzene rings is 3. The third-order valence-corrected chi connectivity index (χ3v) is 7.29. The maximum atomic E-state index is 12.7. The highest BCUT2D eigenvalue weighted by Crippen LogP contribution is 2.21. The highest BCUT2D eigenvalue weighted by atomic mass is 32.2. The monoisotopic (exact) mass is 452 g/mol. The van der Waals surface area contributed by atoms with Gasteiger partial charge in [-0.1, -0.05) is 48.0 Å². The number of hydrogen-bond donors (Lipinski definition) is 1. The Labute approximate surface area is 189 Å². The molecular weight excluding hydrogens is 424 g/mol. The van der Waals surface area contributed by atoms with Crippen LogP contribution in [-0.2, 0) is 14.8 Å². The van der Waals surface area contributed by atoms with Crippen molar-refractivity contribution >= 4 is 26.7 Å². The molecular formula is C25H28N2O4S. The lowest BCUT2D eigenvalue weighted by Crippen LogP contribution is -2.45. The number of sulfonamides is 1. The fraction of sp³-hybridized carbons (Fsp3) is 0.320. The van der Waals surface area contributed by atoms with Gasteiger partial charge in [0.05, 0.1) is 4.90 Å². The van der Waals surface area contributed by atoms with Crippen molar-refractivity contribution in [3.05, 3.63) is 72.3 Å². The molecule has 0 aliphatic carbocycles. The standard InChI is InChI=1S/C25H28N2O4S/c1-19-8-12-24(13-9-19)32(29,30)26-16-20-5-4-14-27(17-20)25(28)18-31-23-11-10-21-6-2-3-7-22(21)15-23/h2-3,6-13,15,20,26H,4-5,14,16-18H2,1H3. The number of fused-ring (bicyclic) bond motifs is 1. The van der Waals surface area contributed by atoms with Crippen molar-refractivity contribution < 1.29 is 17.9 Å². The minimum Gasteiger partial charge on any atom is -0.484 e. The fourth-order valence-corrected chi connectivity index (χ4v) is 5.10. The van der Waals surface area contributed by atoms with Crippen LogP contribution < -0.4 is 9.46 Å². The number of rotatable bonds is 7. The highest BCUT2D eigenvalue weighted by Gasteiger charge is 2.25. The van der Waals surface area contributed by atoms with Crippen molar-refractivity contribution in [2.24, 2.45) is 5.92 Å². The molecule has 3 aromatic carbocycles. The Hall–Kier alpha value is -2.90. The summed E-state index contributed by atoms with van der Waals surface area (Å²) in [6, 6.07) is 20.6. The normalized spacial score (nSPS) is 16.8. The molecule has 0 saturated carbocycles. The van der Waals surface area contributed by atoms with E-state index >= 15 is 0 Å². The van der Waals surface area contributed by atoms with Gasteiger partial charge in [-0.15, -0.1) is 0 Å². The van der Waals surface area contributed by atoms with Crippen LogP contribution in [0.25, 0.3) is 10.8 Å². The number of ether oxygens (including phenoxy) is 1. The van der Waals surface area contributed by atoms with Gasteiger partial charge in [-0.2, -0.15) is 0 Å². The smallest absolute Gasteiger partial charge is 0.260 e. The van der Waals surface area contributed by atoms with Crippen LogP contribution in [-0.4, -0.2) is 45.5 Å². The van der Waals surface area contributed by atoms with E-state index in [-0.39, 0.29) is 23.3 Å². The summed E-state index contributed by atoms with van der Waals surface area (Å²) in [6.07, 6.45) is 1.73. The Balaban J connectivity index is 1.29. The van der Waals surface area contributed by atoms with E-state index in [0.29, 0.717) is 25.4 Å². The summed E-state index contributed by atoms with van der Waals surface area (Å²) in [5.41, 5.74) is 1.01. The molecule has 1 N–H and O–H groups in total. The zero-order valence-electron chi connectivity index (χ0n) is 18.2. The second kappa shape index (κ2) is 9.71. The molecule has 0 spiro atoms. The van der Waals surface area contributed by atoms with E-state index in [4.69, 9.17) is 4.74 Å². The topological polar surface area (TPSA) is 75.7 Å². The van der Waals surface area contributed by atoms with Crippen molar-refractivity contribution in [2.75, 3.05) is 26.2 Å². The molecule has 1 atom stereocenters. The average Bonchev–Trinajstić information content (AvgIpc) is 2.81. The van der Waals surface area contributed by atoms with E-state index in [1.807, 2.05) is 49.4 Å². The second-order valence-electron chi connectivity index (χ2n) is 8.31. The molecule has 0 aromatic heterocycles. The zero-order valence-corrected chi connectivity index (χ0v) is 19.0. The third kappa shape index (κ3) is 5.47. The molecule has 6 nitrogen and oxygen atoms in total. The summed E-state index contributed by atoms with van der Waals surface area (Å²) < 4.78 is 33.5. The van der Waals surface area contributed by atoms with Gasteiger partial charge in [-0.05, 0) is 60.7 Å². The van der Waals surface area contributed by atoms with Gasteiger partial charge < -0.3 is 9.64 Å². The lowest BCUT2D eigenvalue weighted by atomic mass is 9.98. The Kier molecular flexibility index (Phi) is 6.77. The van der Waals surface area contributed by atoms with E-state index in [2.05, 4.69) is 4.72 Å². The molecule has 1 unspecified atom stereocenters. The quantitative estimate of drug-likeness (QED) is 0.593. The summed E-state index contributed by atoms with van der Waals surface area (Å²) in [7, 11) is -3.56. The van der Waals surface area contributed by atoms with Crippen LogP contribution in [0.1, 0.15) is 18.4 Å². The first-order valence-corrected chi connectivity index (χ1v) is 12.3. The summed E-state index contributed by atoms with van der Waals surface area (Å²) in [6.45, 7) is 3.39. The molecule has 1 saturated heterocycles. The van der Waals surface area contributed by atoms with Crippen LogP contribution >= 0.6 is 0 Å². The first-order chi connectivity index (χ1) is 15.4. The lowest BCUT2D eigenvalue weighted by Gasteiger charge is -2.32. The van der Waals surface area contributed by atoms with Crippen LogP contribution in [0, 0.1) is 12.8 Å². The van der Waals surface area contributed by atoms with Crippen LogP contribution in [0.5, 0.6) is 5.75 Å². The molecule has 32 heavy (non-hydrogen) atoms. The molecule has 1 amide bonds. The minimum atomic E-state index is -3.56. The first-order valence-electron chi connectivity index (χ1n) is 10.9. The van der Waals surface area contributed by atoms with Gasteiger partial charge in [0.2, 0.25) is 10.0 Å². The van der Waals surface area contributed by atoms with E-state index in [1.165, 1.54) is 0 Å². The molecule has 0 bridgehead atoms. The number of carbonyl (C=O) groups is 1. The number of hydrogen-bond acceptors (Lipinski definition) is 4. The van der Waals surface area contributed by atoms with Crippen LogP contribution in [0.4, 0.5) is 0 Å². The number of carbonyl (C=O) groups excluding carboxylic acids is 1. The Morgan fingerprint density at radius 1 is 1.06 bits per heavy atom. The maximum Gasteiger partial charge on any atom is 0.260 e. The van der Waals surface area contributed by atoms with Gasteiger partial charge in [-0.25, -0.2) is 13.1 Å². The SMILES string of the molecule is Cc1ccc(S(=O)(=O)NCC2CCCN(C(=O)COc3ccc4ccccc4c3)C2)cc1. The van der Waals surface area contributed by atoms with Gasteiger partial charge in [0.15, 0.2) is 6.61 Å². The lowest BCUT2D eigenvalue weighted by molar-refractivity contribution is -0.135. The molecule has 4 rings (SSSR count). The average molecular weight is 453 g/mol. The van der Waals surface area contributed by atoms with Crippen LogP contribution in [0.2, 0.25) is 0 Å². The fourth-order valence-electron chi connectivity index (χ4n) is 3.98. The van der Waals surface area contributed by atoms with E-state index in [0.717, 1.165) is 29.2 Å². The van der Waals surface area contributed by atoms with Gasteiger partial charge in [0.1, 0.15) is 5.75 Å². The van der Waals surface area contributed by atoms with Crippen molar-refractivity contribution in [3.63, 3.8) is 0 Å². The van der Waals surface area contributed by atoms with Crippen molar-refractivity contribution in [1.29, 1.82) is 0 Å². The number of nitrogens with one attached hydrogen (secondary N) is 1. The van der Waals surface area contributed by atoms with Crippen molar-refractivity contribution in [3.8, 4) is 5.75 Å². The van der Waals surface area contributed by atoms with Crippen LogP contribution in [0.15, 0.2) is 71.6 Å². The molecule has 1 aliphatic rings.